The van der Waals surface area contributed by atoms with Crippen LogP contribution in [-0.4, -0.2) is 26.2 Å². The van der Waals surface area contributed by atoms with Crippen molar-refractivity contribution < 1.29 is 24.5 Å². The molecule has 242 valence electrons. The number of esters is 1. The van der Waals surface area contributed by atoms with Gasteiger partial charge in [-0.3, -0.25) is 9.59 Å². The first-order valence-corrected chi connectivity index (χ1v) is 17.0. The number of aliphatic carboxylic acids is 1. The molecule has 0 spiro atoms. The lowest BCUT2D eigenvalue weighted by molar-refractivity contribution is -0.137. The second kappa shape index (κ2) is 13.2. The zero-order valence-electron chi connectivity index (χ0n) is 29.1. The van der Waals surface area contributed by atoms with E-state index in [9.17, 15) is 14.7 Å². The minimum absolute atomic E-state index is 0.0551. The molecule has 2 rings (SSSR count). The summed E-state index contributed by atoms with van der Waals surface area (Å²) in [6.45, 7) is 30.3. The van der Waals surface area contributed by atoms with Gasteiger partial charge in [-0.2, -0.15) is 0 Å². The normalized spacial score (nSPS) is 17.2. The third-order valence-electron chi connectivity index (χ3n) is 7.58. The molecule has 5 nitrogen and oxygen atoms in total. The molecule has 0 amide bonds. The molecule has 0 saturated carbocycles. The summed E-state index contributed by atoms with van der Waals surface area (Å²) < 4.78 is 5.81. The average Bonchev–Trinajstić information content (AvgIpc) is 2.77. The number of rotatable bonds is 9. The topological polar surface area (TPSA) is 83.8 Å². The van der Waals surface area contributed by atoms with E-state index in [1.807, 2.05) is 11.8 Å². The number of carboxylic acid groups (broad SMARTS) is 1. The van der Waals surface area contributed by atoms with Gasteiger partial charge in [0.2, 0.25) is 0 Å². The highest BCUT2D eigenvalue weighted by atomic mass is 32.2. The molecular formula is C36H56O5S2. The summed E-state index contributed by atoms with van der Waals surface area (Å²) in [6, 6.07) is 4.31. The molecule has 0 aromatic heterocycles. The van der Waals surface area contributed by atoms with Crippen molar-refractivity contribution >= 4 is 35.5 Å². The molecule has 1 aromatic rings. The second-order valence-electron chi connectivity index (χ2n) is 16.5. The van der Waals surface area contributed by atoms with Crippen LogP contribution in [0.2, 0.25) is 0 Å². The second-order valence-corrected chi connectivity index (χ2v) is 20.2. The van der Waals surface area contributed by atoms with Crippen LogP contribution in [0.1, 0.15) is 134 Å². The van der Waals surface area contributed by atoms with Gasteiger partial charge in [-0.25, -0.2) is 0 Å². The quantitative estimate of drug-likeness (QED) is 0.121. The number of ether oxygens (including phenoxy) is 1. The van der Waals surface area contributed by atoms with Crippen molar-refractivity contribution in [2.24, 2.45) is 16.7 Å². The van der Waals surface area contributed by atoms with Gasteiger partial charge in [0.05, 0.1) is 9.84 Å². The van der Waals surface area contributed by atoms with Crippen molar-refractivity contribution in [2.45, 2.75) is 142 Å². The summed E-state index contributed by atoms with van der Waals surface area (Å²) in [6.07, 6.45) is 3.26. The molecule has 0 saturated heterocycles. The fraction of sp³-hybridized carbons (Fsp3) is 0.667. The van der Waals surface area contributed by atoms with Gasteiger partial charge in [0.15, 0.2) is 0 Å². The first kappa shape index (κ1) is 37.3. The maximum absolute atomic E-state index is 12.9. The van der Waals surface area contributed by atoms with Crippen molar-refractivity contribution in [1.82, 2.24) is 0 Å². The van der Waals surface area contributed by atoms with Gasteiger partial charge in [-0.1, -0.05) is 83.1 Å². The van der Waals surface area contributed by atoms with E-state index >= 15 is 0 Å². The summed E-state index contributed by atoms with van der Waals surface area (Å²) in [5.41, 5.74) is 2.12. The Morgan fingerprint density at radius 2 is 1.33 bits per heavy atom. The van der Waals surface area contributed by atoms with Crippen LogP contribution in [0.25, 0.3) is 0 Å². The Labute approximate surface area is 269 Å². The minimum atomic E-state index is -0.916. The van der Waals surface area contributed by atoms with E-state index in [4.69, 9.17) is 9.84 Å². The standard InChI is InChI=1S/C36H56O5S2/c1-32(2,3)24-18-22(19-25(30(24)40)33(4,5)6)42-36(13,14)43-23-20-26(34(7,8)9)31(27(21-23)35(10,11)12)41-29(39)17-15-16-28(37)38/h18,20-21,25,40H,15-17,19H2,1-14H3,(H,37,38). The van der Waals surface area contributed by atoms with Crippen LogP contribution in [0, 0.1) is 16.7 Å². The Balaban J connectivity index is 2.52. The third-order valence-corrected chi connectivity index (χ3v) is 10.1. The zero-order valence-corrected chi connectivity index (χ0v) is 30.7. The molecule has 1 aromatic carbocycles. The van der Waals surface area contributed by atoms with Crippen molar-refractivity contribution in [3.63, 3.8) is 0 Å². The molecule has 1 aliphatic carbocycles. The van der Waals surface area contributed by atoms with Crippen LogP contribution >= 0.6 is 23.5 Å². The van der Waals surface area contributed by atoms with Crippen LogP contribution in [0.4, 0.5) is 0 Å². The van der Waals surface area contributed by atoms with Crippen LogP contribution in [0.3, 0.4) is 0 Å². The third kappa shape index (κ3) is 10.6. The fourth-order valence-electron chi connectivity index (χ4n) is 5.22. The maximum Gasteiger partial charge on any atom is 0.311 e. The number of aliphatic hydroxyl groups excluding tert-OH is 1. The van der Waals surface area contributed by atoms with E-state index in [0.717, 1.165) is 28.0 Å². The SMILES string of the molecule is CC(C)(SC1=CC(C(C)(C)C)=C(O)C(C(C)(C)C)C1)Sc1cc(C(C)(C)C)c(OC(=O)CCCC(=O)O)c(C(C)(C)C)c1. The van der Waals surface area contributed by atoms with E-state index in [0.29, 0.717) is 11.5 Å². The van der Waals surface area contributed by atoms with Gasteiger partial charge in [-0.15, -0.1) is 23.5 Å². The molecular weight excluding hydrogens is 577 g/mol. The summed E-state index contributed by atoms with van der Waals surface area (Å²) in [5, 5.41) is 20.3. The number of thioether (sulfide) groups is 2. The average molecular weight is 633 g/mol. The Kier molecular flexibility index (Phi) is 11.5. The number of carboxylic acids is 1. The van der Waals surface area contributed by atoms with Crippen LogP contribution < -0.4 is 4.74 Å². The lowest BCUT2D eigenvalue weighted by atomic mass is 9.71. The molecule has 0 aliphatic heterocycles. The molecule has 1 unspecified atom stereocenters. The largest absolute Gasteiger partial charge is 0.512 e. The zero-order chi connectivity index (χ0) is 33.3. The molecule has 43 heavy (non-hydrogen) atoms. The smallest absolute Gasteiger partial charge is 0.311 e. The Morgan fingerprint density at radius 3 is 1.74 bits per heavy atom. The summed E-state index contributed by atoms with van der Waals surface area (Å²) in [4.78, 5) is 26.2. The van der Waals surface area contributed by atoms with Crippen LogP contribution in [0.15, 0.2) is 39.3 Å². The van der Waals surface area contributed by atoms with E-state index in [2.05, 4.69) is 115 Å². The van der Waals surface area contributed by atoms with Crippen LogP contribution in [0.5, 0.6) is 5.75 Å². The number of hydrogen-bond acceptors (Lipinski definition) is 6. The maximum atomic E-state index is 12.9. The molecule has 0 bridgehead atoms. The van der Waals surface area contributed by atoms with Crippen molar-refractivity contribution in [2.75, 3.05) is 0 Å². The first-order valence-electron chi connectivity index (χ1n) is 15.4. The Hall–Kier alpha value is -1.86. The first-order chi connectivity index (χ1) is 19.2. The number of benzene rings is 1. The van der Waals surface area contributed by atoms with Gasteiger partial charge in [0.1, 0.15) is 5.75 Å². The van der Waals surface area contributed by atoms with Crippen molar-refractivity contribution in [3.05, 3.63) is 45.6 Å². The molecule has 7 heteroatoms. The lowest BCUT2D eigenvalue weighted by Gasteiger charge is -2.39. The van der Waals surface area contributed by atoms with Crippen LogP contribution in [-0.2, 0) is 20.4 Å². The van der Waals surface area contributed by atoms with E-state index < -0.39 is 11.9 Å². The highest BCUT2D eigenvalue weighted by Crippen LogP contribution is 2.53. The number of carbonyl (C=O) groups excluding carboxylic acids is 1. The Bertz CT molecular complexity index is 1220. The molecule has 1 atom stereocenters. The summed E-state index contributed by atoms with van der Waals surface area (Å²) >= 11 is 3.66. The van der Waals surface area contributed by atoms with Crippen molar-refractivity contribution in [3.8, 4) is 5.75 Å². The van der Waals surface area contributed by atoms with Gasteiger partial charge in [-0.05, 0) is 77.0 Å². The number of aliphatic hydroxyl groups is 1. The van der Waals surface area contributed by atoms with Gasteiger partial charge >= 0.3 is 11.9 Å². The van der Waals surface area contributed by atoms with E-state index in [1.165, 1.54) is 4.91 Å². The van der Waals surface area contributed by atoms with Gasteiger partial charge in [0, 0.05) is 34.8 Å². The summed E-state index contributed by atoms with van der Waals surface area (Å²) in [7, 11) is 0. The monoisotopic (exact) mass is 632 g/mol. The molecule has 2 N–H and O–H groups in total. The van der Waals surface area contributed by atoms with Gasteiger partial charge < -0.3 is 14.9 Å². The van der Waals surface area contributed by atoms with E-state index in [-0.39, 0.29) is 50.9 Å². The molecule has 0 heterocycles. The lowest BCUT2D eigenvalue weighted by Crippen LogP contribution is -2.29. The summed E-state index contributed by atoms with van der Waals surface area (Å²) in [5.74, 6) is -0.154. The van der Waals surface area contributed by atoms with E-state index in [1.54, 1.807) is 11.8 Å². The molecule has 0 radical (unpaired) electrons. The fourth-order valence-corrected chi connectivity index (χ4v) is 7.98. The number of allylic oxidation sites excluding steroid dienone is 4. The minimum Gasteiger partial charge on any atom is -0.512 e. The molecule has 1 aliphatic rings. The molecule has 0 fully saturated rings. The predicted molar refractivity (Wildman–Crippen MR) is 183 cm³/mol. The van der Waals surface area contributed by atoms with Crippen molar-refractivity contribution in [1.29, 1.82) is 0 Å². The highest BCUT2D eigenvalue weighted by molar-refractivity contribution is 8.20. The number of carbonyl (C=O) groups is 2. The predicted octanol–water partition coefficient (Wildman–Crippen LogP) is 10.8. The Morgan fingerprint density at radius 1 is 0.814 bits per heavy atom. The number of hydrogen-bond donors (Lipinski definition) is 2. The highest BCUT2D eigenvalue weighted by Gasteiger charge is 2.38. The van der Waals surface area contributed by atoms with Gasteiger partial charge in [0.25, 0.3) is 0 Å².